The maximum atomic E-state index is 12.3. The Labute approximate surface area is 151 Å². The molecule has 0 radical (unpaired) electrons. The first-order valence-corrected chi connectivity index (χ1v) is 8.50. The van der Waals surface area contributed by atoms with Gasteiger partial charge in [-0.2, -0.15) is 0 Å². The summed E-state index contributed by atoms with van der Waals surface area (Å²) in [6.07, 6.45) is -0.0733. The number of hydrogen-bond acceptors (Lipinski definition) is 3. The van der Waals surface area contributed by atoms with Gasteiger partial charge in [-0.15, -0.1) is 0 Å². The van der Waals surface area contributed by atoms with E-state index in [0.29, 0.717) is 23.0 Å². The summed E-state index contributed by atoms with van der Waals surface area (Å²) >= 11 is 12.0. The van der Waals surface area contributed by atoms with Crippen molar-refractivity contribution in [3.63, 3.8) is 0 Å². The van der Waals surface area contributed by atoms with E-state index < -0.39 is 23.6 Å². The molecule has 1 saturated heterocycles. The van der Waals surface area contributed by atoms with Gasteiger partial charge in [0.25, 0.3) is 0 Å². The fraction of sp³-hybridized carbons (Fsp3) is 0.529. The first-order chi connectivity index (χ1) is 11.1. The van der Waals surface area contributed by atoms with E-state index in [1.54, 1.807) is 43.9 Å². The second kappa shape index (κ2) is 7.19. The molecular weight excluding hydrogens is 353 g/mol. The molecule has 0 aliphatic carbocycles. The predicted octanol–water partition coefficient (Wildman–Crippen LogP) is 4.42. The normalized spacial score (nSPS) is 21.5. The zero-order valence-electron chi connectivity index (χ0n) is 13.9. The van der Waals surface area contributed by atoms with Gasteiger partial charge in [-0.1, -0.05) is 29.3 Å². The molecule has 0 bridgehead atoms. The van der Waals surface area contributed by atoms with Gasteiger partial charge in [-0.05, 0) is 44.9 Å². The number of carbonyl (C=O) groups is 2. The second-order valence-corrected chi connectivity index (χ2v) is 7.75. The Morgan fingerprint density at radius 1 is 1.25 bits per heavy atom. The third-order valence-corrected chi connectivity index (χ3v) is 4.69. The quantitative estimate of drug-likeness (QED) is 0.832. The topological polar surface area (TPSA) is 66.8 Å². The van der Waals surface area contributed by atoms with Crippen molar-refractivity contribution in [3.05, 3.63) is 33.8 Å². The molecular formula is C17H21Cl2NO4. The van der Waals surface area contributed by atoms with E-state index in [9.17, 15) is 14.7 Å². The van der Waals surface area contributed by atoms with Crippen LogP contribution < -0.4 is 0 Å². The molecule has 0 aromatic heterocycles. The van der Waals surface area contributed by atoms with Gasteiger partial charge in [0.1, 0.15) is 5.60 Å². The Morgan fingerprint density at radius 2 is 1.92 bits per heavy atom. The van der Waals surface area contributed by atoms with Gasteiger partial charge < -0.3 is 14.7 Å². The van der Waals surface area contributed by atoms with E-state index in [1.165, 1.54) is 0 Å². The molecule has 2 rings (SSSR count). The van der Waals surface area contributed by atoms with Crippen molar-refractivity contribution in [1.29, 1.82) is 0 Å². The van der Waals surface area contributed by atoms with Crippen molar-refractivity contribution in [2.75, 3.05) is 13.1 Å². The number of benzene rings is 1. The van der Waals surface area contributed by atoms with Gasteiger partial charge in [0.2, 0.25) is 0 Å². The van der Waals surface area contributed by atoms with Crippen LogP contribution in [0, 0.1) is 5.92 Å². The summed E-state index contributed by atoms with van der Waals surface area (Å²) in [4.78, 5) is 25.5. The fourth-order valence-electron chi connectivity index (χ4n) is 2.82. The van der Waals surface area contributed by atoms with Gasteiger partial charge in [0.15, 0.2) is 0 Å². The monoisotopic (exact) mass is 373 g/mol. The van der Waals surface area contributed by atoms with Crippen molar-refractivity contribution in [2.24, 2.45) is 5.92 Å². The van der Waals surface area contributed by atoms with E-state index in [0.717, 1.165) is 5.56 Å². The molecule has 0 unspecified atom stereocenters. The largest absolute Gasteiger partial charge is 0.481 e. The minimum atomic E-state index is -0.880. The number of aliphatic carboxylic acids is 1. The molecule has 132 valence electrons. The highest BCUT2D eigenvalue weighted by atomic mass is 35.5. The smallest absolute Gasteiger partial charge is 0.410 e. The number of nitrogens with zero attached hydrogens (tertiary/aromatic N) is 1. The number of ether oxygens (including phenoxy) is 1. The SMILES string of the molecule is CC(C)(C)OC(=O)N1CC[C@H](C(=O)O)[C@@H](c2ccc(Cl)c(Cl)c2)C1. The van der Waals surface area contributed by atoms with Crippen LogP contribution in [-0.4, -0.2) is 40.8 Å². The third-order valence-electron chi connectivity index (χ3n) is 3.95. The molecule has 1 aliphatic rings. The number of amides is 1. The average Bonchev–Trinajstić information content (AvgIpc) is 2.47. The van der Waals surface area contributed by atoms with Crippen molar-refractivity contribution < 1.29 is 19.4 Å². The van der Waals surface area contributed by atoms with Crippen LogP contribution in [-0.2, 0) is 9.53 Å². The molecule has 0 spiro atoms. The lowest BCUT2D eigenvalue weighted by molar-refractivity contribution is -0.144. The third kappa shape index (κ3) is 4.54. The van der Waals surface area contributed by atoms with E-state index in [4.69, 9.17) is 27.9 Å². The first-order valence-electron chi connectivity index (χ1n) is 7.74. The van der Waals surface area contributed by atoms with Crippen LogP contribution in [0.4, 0.5) is 4.79 Å². The molecule has 2 atom stereocenters. The molecule has 1 aromatic carbocycles. The zero-order chi connectivity index (χ0) is 18.1. The summed E-state index contributed by atoms with van der Waals surface area (Å²) in [5.74, 6) is -1.82. The first kappa shape index (κ1) is 18.9. The van der Waals surface area contributed by atoms with Crippen molar-refractivity contribution >= 4 is 35.3 Å². The van der Waals surface area contributed by atoms with Crippen LogP contribution in [0.5, 0.6) is 0 Å². The van der Waals surface area contributed by atoms with E-state index in [2.05, 4.69) is 0 Å². The summed E-state index contributed by atoms with van der Waals surface area (Å²) in [5, 5.41) is 10.3. The molecule has 7 heteroatoms. The van der Waals surface area contributed by atoms with Gasteiger partial charge in [0, 0.05) is 19.0 Å². The molecule has 1 amide bonds. The molecule has 1 heterocycles. The van der Waals surface area contributed by atoms with Crippen molar-refractivity contribution in [3.8, 4) is 0 Å². The van der Waals surface area contributed by atoms with Gasteiger partial charge in [-0.25, -0.2) is 4.79 Å². The van der Waals surface area contributed by atoms with Gasteiger partial charge in [-0.3, -0.25) is 4.79 Å². The Bertz CT molecular complexity index is 642. The number of piperidine rings is 1. The maximum Gasteiger partial charge on any atom is 0.410 e. The molecule has 1 N–H and O–H groups in total. The number of carboxylic acid groups (broad SMARTS) is 1. The number of likely N-dealkylation sites (tertiary alicyclic amines) is 1. The lowest BCUT2D eigenvalue weighted by Crippen LogP contribution is -2.46. The van der Waals surface area contributed by atoms with E-state index in [-0.39, 0.29) is 12.5 Å². The van der Waals surface area contributed by atoms with Gasteiger partial charge in [0.05, 0.1) is 16.0 Å². The summed E-state index contributed by atoms with van der Waals surface area (Å²) in [6.45, 7) is 6.01. The highest BCUT2D eigenvalue weighted by molar-refractivity contribution is 6.42. The van der Waals surface area contributed by atoms with Crippen LogP contribution in [0.3, 0.4) is 0 Å². The van der Waals surface area contributed by atoms with Crippen LogP contribution in [0.2, 0.25) is 10.0 Å². The molecule has 1 aromatic rings. The second-order valence-electron chi connectivity index (χ2n) is 6.94. The molecule has 24 heavy (non-hydrogen) atoms. The van der Waals surface area contributed by atoms with Crippen LogP contribution >= 0.6 is 23.2 Å². The minimum absolute atomic E-state index is 0.268. The number of carboxylic acids is 1. The summed E-state index contributed by atoms with van der Waals surface area (Å²) in [5.41, 5.74) is 0.157. The van der Waals surface area contributed by atoms with Gasteiger partial charge >= 0.3 is 12.1 Å². The number of halogens is 2. The Kier molecular flexibility index (Phi) is 5.66. The Balaban J connectivity index is 2.25. The standard InChI is InChI=1S/C17H21Cl2NO4/c1-17(2,3)24-16(23)20-7-6-11(15(21)22)12(9-20)10-4-5-13(18)14(19)8-10/h4-5,8,11-12H,6-7,9H2,1-3H3,(H,21,22)/t11-,12+/m0/s1. The van der Waals surface area contributed by atoms with E-state index >= 15 is 0 Å². The maximum absolute atomic E-state index is 12.3. The zero-order valence-corrected chi connectivity index (χ0v) is 15.4. The number of carbonyl (C=O) groups excluding carboxylic acids is 1. The molecule has 1 aliphatic heterocycles. The molecule has 1 fully saturated rings. The lowest BCUT2D eigenvalue weighted by Gasteiger charge is -2.37. The molecule has 0 saturated carbocycles. The number of rotatable bonds is 2. The summed E-state index contributed by atoms with van der Waals surface area (Å²) in [6, 6.07) is 5.07. The molecule has 5 nitrogen and oxygen atoms in total. The van der Waals surface area contributed by atoms with Crippen LogP contribution in [0.15, 0.2) is 18.2 Å². The Morgan fingerprint density at radius 3 is 2.46 bits per heavy atom. The predicted molar refractivity (Wildman–Crippen MR) is 92.8 cm³/mol. The number of hydrogen-bond donors (Lipinski definition) is 1. The average molecular weight is 374 g/mol. The minimum Gasteiger partial charge on any atom is -0.481 e. The summed E-state index contributed by atoms with van der Waals surface area (Å²) in [7, 11) is 0. The van der Waals surface area contributed by atoms with Crippen LogP contribution in [0.1, 0.15) is 38.7 Å². The highest BCUT2D eigenvalue weighted by Crippen LogP contribution is 2.36. The summed E-state index contributed by atoms with van der Waals surface area (Å²) < 4.78 is 5.39. The highest BCUT2D eigenvalue weighted by Gasteiger charge is 2.38. The van der Waals surface area contributed by atoms with Crippen molar-refractivity contribution in [2.45, 2.75) is 38.7 Å². The van der Waals surface area contributed by atoms with E-state index in [1.807, 2.05) is 0 Å². The van der Waals surface area contributed by atoms with Crippen molar-refractivity contribution in [1.82, 2.24) is 4.90 Å². The van der Waals surface area contributed by atoms with Crippen LogP contribution in [0.25, 0.3) is 0 Å². The lowest BCUT2D eigenvalue weighted by atomic mass is 9.81. The Hall–Kier alpha value is -1.46. The fourth-order valence-corrected chi connectivity index (χ4v) is 3.13.